The van der Waals surface area contributed by atoms with E-state index >= 15 is 0 Å². The molecule has 0 aromatic carbocycles. The van der Waals surface area contributed by atoms with Gasteiger partial charge in [-0.25, -0.2) is 0 Å². The van der Waals surface area contributed by atoms with Gasteiger partial charge in [-0.15, -0.1) is 0 Å². The Morgan fingerprint density at radius 1 is 1.56 bits per heavy atom. The quantitative estimate of drug-likeness (QED) is 0.794. The van der Waals surface area contributed by atoms with Crippen molar-refractivity contribution in [1.29, 1.82) is 0 Å². The maximum atomic E-state index is 11.5. The van der Waals surface area contributed by atoms with Crippen molar-refractivity contribution in [3.8, 4) is 0 Å². The van der Waals surface area contributed by atoms with E-state index in [9.17, 15) is 4.79 Å². The molecule has 0 spiro atoms. The number of carbonyl (C=O) groups is 1. The standard InChI is InChI=1S/C13H23N3O2/c1-5-16(8-12(17)15-4)13(10(3)14)11-7-6-9(2)18-11/h6-7,10,13H,5,8,14H2,1-4H3,(H,15,17). The Labute approximate surface area is 108 Å². The van der Waals surface area contributed by atoms with Gasteiger partial charge in [0.2, 0.25) is 5.91 Å². The summed E-state index contributed by atoms with van der Waals surface area (Å²) >= 11 is 0. The van der Waals surface area contributed by atoms with E-state index < -0.39 is 0 Å². The molecule has 102 valence electrons. The summed E-state index contributed by atoms with van der Waals surface area (Å²) in [4.78, 5) is 13.5. The van der Waals surface area contributed by atoms with Crippen molar-refractivity contribution in [2.24, 2.45) is 5.73 Å². The molecule has 1 rings (SSSR count). The second-order valence-electron chi connectivity index (χ2n) is 4.49. The number of amides is 1. The van der Waals surface area contributed by atoms with E-state index in [0.717, 1.165) is 18.1 Å². The van der Waals surface area contributed by atoms with Crippen LogP contribution >= 0.6 is 0 Å². The molecule has 0 fully saturated rings. The van der Waals surface area contributed by atoms with E-state index in [1.54, 1.807) is 7.05 Å². The van der Waals surface area contributed by atoms with Crippen molar-refractivity contribution in [2.75, 3.05) is 20.1 Å². The lowest BCUT2D eigenvalue weighted by Gasteiger charge is -2.31. The number of nitrogens with zero attached hydrogens (tertiary/aromatic N) is 1. The average molecular weight is 253 g/mol. The summed E-state index contributed by atoms with van der Waals surface area (Å²) in [6.45, 7) is 6.89. The second kappa shape index (κ2) is 6.56. The lowest BCUT2D eigenvalue weighted by atomic mass is 10.1. The fourth-order valence-electron chi connectivity index (χ4n) is 2.05. The molecule has 0 aliphatic rings. The number of hydrogen-bond acceptors (Lipinski definition) is 4. The number of furan rings is 1. The molecule has 5 nitrogen and oxygen atoms in total. The van der Waals surface area contributed by atoms with Crippen molar-refractivity contribution in [2.45, 2.75) is 32.9 Å². The molecule has 18 heavy (non-hydrogen) atoms. The maximum Gasteiger partial charge on any atom is 0.233 e. The van der Waals surface area contributed by atoms with Gasteiger partial charge in [0.15, 0.2) is 0 Å². The van der Waals surface area contributed by atoms with Gasteiger partial charge in [-0.05, 0) is 32.5 Å². The van der Waals surface area contributed by atoms with Crippen molar-refractivity contribution in [1.82, 2.24) is 10.2 Å². The van der Waals surface area contributed by atoms with Crippen LogP contribution in [-0.4, -0.2) is 37.0 Å². The van der Waals surface area contributed by atoms with Crippen LogP contribution in [0.1, 0.15) is 31.4 Å². The van der Waals surface area contributed by atoms with Gasteiger partial charge in [-0.1, -0.05) is 6.92 Å². The van der Waals surface area contributed by atoms with Gasteiger partial charge in [0.25, 0.3) is 0 Å². The van der Waals surface area contributed by atoms with E-state index in [-0.39, 0.29) is 18.0 Å². The minimum absolute atomic E-state index is 0.0224. The Bertz CT molecular complexity index is 387. The minimum atomic E-state index is -0.111. The van der Waals surface area contributed by atoms with Crippen molar-refractivity contribution >= 4 is 5.91 Å². The number of hydrogen-bond donors (Lipinski definition) is 2. The number of nitrogens with two attached hydrogens (primary N) is 1. The minimum Gasteiger partial charge on any atom is -0.465 e. The van der Waals surface area contributed by atoms with Gasteiger partial charge in [0.05, 0.1) is 12.6 Å². The normalized spacial score (nSPS) is 14.6. The molecule has 5 heteroatoms. The summed E-state index contributed by atoms with van der Waals surface area (Å²) in [5.41, 5.74) is 6.04. The van der Waals surface area contributed by atoms with Crippen LogP contribution in [0.25, 0.3) is 0 Å². The van der Waals surface area contributed by atoms with E-state index in [1.807, 2.05) is 37.8 Å². The maximum absolute atomic E-state index is 11.5. The lowest BCUT2D eigenvalue weighted by Crippen LogP contribution is -2.44. The van der Waals surface area contributed by atoms with Crippen LogP contribution in [0.4, 0.5) is 0 Å². The molecule has 0 saturated carbocycles. The zero-order valence-corrected chi connectivity index (χ0v) is 11.6. The second-order valence-corrected chi connectivity index (χ2v) is 4.49. The molecule has 0 saturated heterocycles. The van der Waals surface area contributed by atoms with Gasteiger partial charge in [0.1, 0.15) is 11.5 Å². The highest BCUT2D eigenvalue weighted by atomic mass is 16.3. The first-order valence-corrected chi connectivity index (χ1v) is 6.26. The Balaban J connectivity index is 2.91. The smallest absolute Gasteiger partial charge is 0.233 e. The van der Waals surface area contributed by atoms with Crippen LogP contribution in [0.3, 0.4) is 0 Å². The Morgan fingerprint density at radius 3 is 2.61 bits per heavy atom. The monoisotopic (exact) mass is 253 g/mol. The Morgan fingerprint density at radius 2 is 2.22 bits per heavy atom. The molecular formula is C13H23N3O2. The van der Waals surface area contributed by atoms with Crippen LogP contribution in [0.2, 0.25) is 0 Å². The predicted octanol–water partition coefficient (Wildman–Crippen LogP) is 1.04. The Kier molecular flexibility index (Phi) is 5.37. The van der Waals surface area contributed by atoms with Crippen LogP contribution in [0.5, 0.6) is 0 Å². The lowest BCUT2D eigenvalue weighted by molar-refractivity contribution is -0.122. The molecule has 1 heterocycles. The number of rotatable bonds is 6. The zero-order chi connectivity index (χ0) is 13.7. The topological polar surface area (TPSA) is 71.5 Å². The van der Waals surface area contributed by atoms with E-state index in [2.05, 4.69) is 5.32 Å². The highest BCUT2D eigenvalue weighted by molar-refractivity contribution is 5.77. The van der Waals surface area contributed by atoms with E-state index in [1.165, 1.54) is 0 Å². The van der Waals surface area contributed by atoms with Crippen LogP contribution in [0, 0.1) is 6.92 Å². The van der Waals surface area contributed by atoms with Gasteiger partial charge in [-0.3, -0.25) is 9.69 Å². The first-order chi connectivity index (χ1) is 8.49. The third-order valence-corrected chi connectivity index (χ3v) is 2.98. The summed E-state index contributed by atoms with van der Waals surface area (Å²) in [5, 5.41) is 2.63. The number of carbonyl (C=O) groups excluding carboxylic acids is 1. The molecule has 2 unspecified atom stereocenters. The molecule has 0 bridgehead atoms. The van der Waals surface area contributed by atoms with Gasteiger partial charge in [-0.2, -0.15) is 0 Å². The largest absolute Gasteiger partial charge is 0.465 e. The summed E-state index contributed by atoms with van der Waals surface area (Å²) in [7, 11) is 1.63. The van der Waals surface area contributed by atoms with E-state index in [4.69, 9.17) is 10.2 Å². The molecule has 1 amide bonds. The summed E-state index contributed by atoms with van der Waals surface area (Å²) in [5.74, 6) is 1.64. The molecular weight excluding hydrogens is 230 g/mol. The average Bonchev–Trinajstić information content (AvgIpc) is 2.73. The molecule has 0 aliphatic carbocycles. The number of nitrogens with one attached hydrogen (secondary N) is 1. The molecule has 2 atom stereocenters. The summed E-state index contributed by atoms with van der Waals surface area (Å²) in [6, 6.07) is 3.65. The molecule has 0 radical (unpaired) electrons. The van der Waals surface area contributed by atoms with Gasteiger partial charge in [0, 0.05) is 13.1 Å². The van der Waals surface area contributed by atoms with Crippen molar-refractivity contribution in [3.05, 3.63) is 23.7 Å². The van der Waals surface area contributed by atoms with Crippen LogP contribution in [0.15, 0.2) is 16.5 Å². The Hall–Kier alpha value is -1.33. The van der Waals surface area contributed by atoms with Gasteiger partial charge >= 0.3 is 0 Å². The summed E-state index contributed by atoms with van der Waals surface area (Å²) < 4.78 is 5.65. The van der Waals surface area contributed by atoms with Crippen LogP contribution < -0.4 is 11.1 Å². The highest BCUT2D eigenvalue weighted by Gasteiger charge is 2.27. The van der Waals surface area contributed by atoms with E-state index in [0.29, 0.717) is 6.54 Å². The van der Waals surface area contributed by atoms with Gasteiger partial charge < -0.3 is 15.5 Å². The van der Waals surface area contributed by atoms with Crippen molar-refractivity contribution < 1.29 is 9.21 Å². The first-order valence-electron chi connectivity index (χ1n) is 6.26. The zero-order valence-electron chi connectivity index (χ0n) is 11.6. The fraction of sp³-hybridized carbons (Fsp3) is 0.615. The number of likely N-dealkylation sites (N-methyl/N-ethyl adjacent to an activating group) is 2. The number of aryl methyl sites for hydroxylation is 1. The third kappa shape index (κ3) is 3.58. The molecule has 3 N–H and O–H groups in total. The summed E-state index contributed by atoms with van der Waals surface area (Å²) in [6.07, 6.45) is 0. The van der Waals surface area contributed by atoms with Crippen LogP contribution in [-0.2, 0) is 4.79 Å². The first kappa shape index (κ1) is 14.7. The predicted molar refractivity (Wildman–Crippen MR) is 71.1 cm³/mol. The molecule has 1 aromatic heterocycles. The van der Waals surface area contributed by atoms with Crippen molar-refractivity contribution in [3.63, 3.8) is 0 Å². The molecule has 1 aromatic rings. The third-order valence-electron chi connectivity index (χ3n) is 2.98. The fourth-order valence-corrected chi connectivity index (χ4v) is 2.05. The molecule has 0 aliphatic heterocycles. The SMILES string of the molecule is CCN(CC(=O)NC)C(c1ccc(C)o1)C(C)N. The highest BCUT2D eigenvalue weighted by Crippen LogP contribution is 2.25.